The van der Waals surface area contributed by atoms with Crippen molar-refractivity contribution in [1.29, 1.82) is 0 Å². The molecule has 1 N–H and O–H groups in total. The van der Waals surface area contributed by atoms with Crippen molar-refractivity contribution in [3.63, 3.8) is 0 Å². The molecule has 1 aromatic rings. The Morgan fingerprint density at radius 1 is 1.32 bits per heavy atom. The van der Waals surface area contributed by atoms with E-state index in [4.69, 9.17) is 5.11 Å². The van der Waals surface area contributed by atoms with Gasteiger partial charge < -0.3 is 5.11 Å². The van der Waals surface area contributed by atoms with Gasteiger partial charge in [0.1, 0.15) is 5.82 Å². The van der Waals surface area contributed by atoms with Gasteiger partial charge in [0.05, 0.1) is 17.4 Å². The van der Waals surface area contributed by atoms with E-state index >= 15 is 0 Å². The molecule has 0 spiro atoms. The highest BCUT2D eigenvalue weighted by Crippen LogP contribution is 2.28. The molecule has 1 aromatic carbocycles. The minimum absolute atomic E-state index is 0.0304. The van der Waals surface area contributed by atoms with Crippen molar-refractivity contribution < 1.29 is 22.7 Å². The van der Waals surface area contributed by atoms with E-state index < -0.39 is 21.7 Å². The predicted molar refractivity (Wildman–Crippen MR) is 68.0 cm³/mol. The van der Waals surface area contributed by atoms with Crippen LogP contribution in [0.25, 0.3) is 0 Å². The molecule has 1 aliphatic heterocycles. The average Bonchev–Trinajstić information content (AvgIpc) is 2.33. The summed E-state index contributed by atoms with van der Waals surface area (Å²) in [6.07, 6.45) is 0.809. The van der Waals surface area contributed by atoms with Crippen LogP contribution in [0.15, 0.2) is 24.3 Å². The van der Waals surface area contributed by atoms with E-state index in [9.17, 15) is 17.6 Å². The first-order valence-electron chi connectivity index (χ1n) is 6.05. The molecule has 0 aromatic heterocycles. The van der Waals surface area contributed by atoms with Crippen LogP contribution in [0.4, 0.5) is 4.39 Å². The maximum Gasteiger partial charge on any atom is 0.307 e. The number of carbonyl (C=O) groups is 1. The molecule has 104 valence electrons. The second-order valence-corrected chi connectivity index (χ2v) is 7.17. The Morgan fingerprint density at radius 2 is 1.95 bits per heavy atom. The number of carboxylic acids is 1. The van der Waals surface area contributed by atoms with Crippen molar-refractivity contribution in [2.75, 3.05) is 11.5 Å². The zero-order valence-electron chi connectivity index (χ0n) is 10.3. The molecular weight excluding hydrogens is 271 g/mol. The molecule has 0 aliphatic carbocycles. The van der Waals surface area contributed by atoms with Gasteiger partial charge in [0.2, 0.25) is 0 Å². The van der Waals surface area contributed by atoms with E-state index in [0.717, 1.165) is 5.56 Å². The third kappa shape index (κ3) is 3.53. The first-order chi connectivity index (χ1) is 8.87. The lowest BCUT2D eigenvalue weighted by Gasteiger charge is -2.28. The lowest BCUT2D eigenvalue weighted by molar-refractivity contribution is -0.143. The summed E-state index contributed by atoms with van der Waals surface area (Å²) in [4.78, 5) is 11.2. The normalized spacial score (nSPS) is 25.9. The quantitative estimate of drug-likeness (QED) is 0.914. The number of benzene rings is 1. The highest BCUT2D eigenvalue weighted by atomic mass is 32.2. The van der Waals surface area contributed by atoms with Crippen LogP contribution in [-0.4, -0.2) is 31.0 Å². The maximum atomic E-state index is 12.8. The largest absolute Gasteiger partial charge is 0.481 e. The Morgan fingerprint density at radius 3 is 2.53 bits per heavy atom. The van der Waals surface area contributed by atoms with Crippen LogP contribution in [0, 0.1) is 17.7 Å². The summed E-state index contributed by atoms with van der Waals surface area (Å²) in [5.74, 6) is -2.77. The number of hydrogen-bond donors (Lipinski definition) is 1. The van der Waals surface area contributed by atoms with Gasteiger partial charge in [-0.2, -0.15) is 0 Å². The van der Waals surface area contributed by atoms with E-state index in [1.807, 2.05) is 0 Å². The lowest BCUT2D eigenvalue weighted by Crippen LogP contribution is -2.38. The molecule has 2 unspecified atom stereocenters. The Bertz CT molecular complexity index is 565. The number of hydrogen-bond acceptors (Lipinski definition) is 3. The van der Waals surface area contributed by atoms with Gasteiger partial charge in [-0.25, -0.2) is 12.8 Å². The third-order valence-corrected chi connectivity index (χ3v) is 5.26. The van der Waals surface area contributed by atoms with Crippen LogP contribution in [0.3, 0.4) is 0 Å². The minimum Gasteiger partial charge on any atom is -0.481 e. The van der Waals surface area contributed by atoms with E-state index in [2.05, 4.69) is 0 Å². The summed E-state index contributed by atoms with van der Waals surface area (Å²) >= 11 is 0. The van der Waals surface area contributed by atoms with Crippen LogP contribution in [0.2, 0.25) is 0 Å². The second-order valence-electron chi connectivity index (χ2n) is 4.94. The zero-order chi connectivity index (χ0) is 14.0. The monoisotopic (exact) mass is 286 g/mol. The van der Waals surface area contributed by atoms with Gasteiger partial charge in [0.15, 0.2) is 9.84 Å². The first-order valence-corrected chi connectivity index (χ1v) is 7.87. The van der Waals surface area contributed by atoms with Crippen molar-refractivity contribution in [2.45, 2.75) is 12.8 Å². The number of aliphatic carboxylic acids is 1. The number of sulfone groups is 1. The van der Waals surface area contributed by atoms with E-state index in [1.165, 1.54) is 12.1 Å². The highest BCUT2D eigenvalue weighted by Gasteiger charge is 2.37. The maximum absolute atomic E-state index is 12.8. The molecule has 0 bridgehead atoms. The zero-order valence-corrected chi connectivity index (χ0v) is 11.1. The van der Waals surface area contributed by atoms with Gasteiger partial charge in [0.25, 0.3) is 0 Å². The lowest BCUT2D eigenvalue weighted by atomic mass is 9.85. The Labute approximate surface area is 111 Å². The number of rotatable bonds is 3. The molecule has 19 heavy (non-hydrogen) atoms. The summed E-state index contributed by atoms with van der Waals surface area (Å²) in [5.41, 5.74) is 0.831. The molecule has 0 saturated carbocycles. The Balaban J connectivity index is 2.14. The van der Waals surface area contributed by atoms with Crippen LogP contribution in [0.1, 0.15) is 12.0 Å². The fraction of sp³-hybridized carbons (Fsp3) is 0.462. The van der Waals surface area contributed by atoms with Gasteiger partial charge >= 0.3 is 5.97 Å². The van der Waals surface area contributed by atoms with Gasteiger partial charge in [0, 0.05) is 0 Å². The molecule has 6 heteroatoms. The highest BCUT2D eigenvalue weighted by molar-refractivity contribution is 7.91. The van der Waals surface area contributed by atoms with Crippen LogP contribution >= 0.6 is 0 Å². The summed E-state index contributed by atoms with van der Waals surface area (Å²) in [7, 11) is -3.25. The number of halogens is 1. The molecule has 1 fully saturated rings. The van der Waals surface area contributed by atoms with Gasteiger partial charge in [-0.15, -0.1) is 0 Å². The van der Waals surface area contributed by atoms with E-state index in [-0.39, 0.29) is 23.2 Å². The topological polar surface area (TPSA) is 71.4 Å². The van der Waals surface area contributed by atoms with Crippen LogP contribution in [0.5, 0.6) is 0 Å². The molecule has 4 nitrogen and oxygen atoms in total. The van der Waals surface area contributed by atoms with Crippen molar-refractivity contribution >= 4 is 15.8 Å². The molecule has 0 amide bonds. The van der Waals surface area contributed by atoms with Crippen molar-refractivity contribution in [3.8, 4) is 0 Å². The van der Waals surface area contributed by atoms with Gasteiger partial charge in [-0.1, -0.05) is 12.1 Å². The fourth-order valence-corrected chi connectivity index (χ4v) is 4.26. The summed E-state index contributed by atoms with van der Waals surface area (Å²) < 4.78 is 35.8. The molecule has 1 saturated heterocycles. The smallest absolute Gasteiger partial charge is 0.307 e. The standard InChI is InChI=1S/C13H15FO4S/c14-11-3-1-9(2-4-11)7-10-5-6-19(17,18)8-12(10)13(15)16/h1-4,10,12H,5-8H2,(H,15,16). The summed E-state index contributed by atoms with van der Waals surface area (Å²) in [5, 5.41) is 9.14. The first kappa shape index (κ1) is 14.0. The van der Waals surface area contributed by atoms with Gasteiger partial charge in [-0.3, -0.25) is 4.79 Å². The molecule has 2 rings (SSSR count). The van der Waals surface area contributed by atoms with E-state index in [0.29, 0.717) is 12.8 Å². The average molecular weight is 286 g/mol. The summed E-state index contributed by atoms with van der Waals surface area (Å²) in [6, 6.07) is 5.87. The van der Waals surface area contributed by atoms with Crippen LogP contribution < -0.4 is 0 Å². The molecule has 2 atom stereocenters. The van der Waals surface area contributed by atoms with Crippen molar-refractivity contribution in [3.05, 3.63) is 35.6 Å². The molecule has 0 radical (unpaired) electrons. The van der Waals surface area contributed by atoms with Crippen molar-refractivity contribution in [1.82, 2.24) is 0 Å². The van der Waals surface area contributed by atoms with Gasteiger partial charge in [-0.05, 0) is 36.5 Å². The number of carboxylic acid groups (broad SMARTS) is 1. The Hall–Kier alpha value is -1.43. The Kier molecular flexibility index (Phi) is 3.89. The van der Waals surface area contributed by atoms with Crippen molar-refractivity contribution in [2.24, 2.45) is 11.8 Å². The molecule has 1 heterocycles. The SMILES string of the molecule is O=C(O)C1CS(=O)(=O)CCC1Cc1ccc(F)cc1. The van der Waals surface area contributed by atoms with Crippen LogP contribution in [-0.2, 0) is 21.1 Å². The molecule has 1 aliphatic rings. The van der Waals surface area contributed by atoms with E-state index in [1.54, 1.807) is 12.1 Å². The minimum atomic E-state index is -3.25. The predicted octanol–water partition coefficient (Wildman–Crippen LogP) is 1.50. The molecular formula is C13H15FO4S. The third-order valence-electron chi connectivity index (χ3n) is 3.53. The summed E-state index contributed by atoms with van der Waals surface area (Å²) in [6.45, 7) is 0. The second kappa shape index (κ2) is 5.28. The fourth-order valence-electron chi connectivity index (χ4n) is 2.47.